The molecule has 8 heteroatoms. The monoisotopic (exact) mass is 353 g/mol. The van der Waals surface area contributed by atoms with Gasteiger partial charge in [0.1, 0.15) is 0 Å². The van der Waals surface area contributed by atoms with Crippen molar-refractivity contribution < 1.29 is 19.2 Å². The van der Waals surface area contributed by atoms with E-state index in [9.17, 15) is 14.9 Å². The van der Waals surface area contributed by atoms with Crippen LogP contribution in [0.1, 0.15) is 23.5 Å². The van der Waals surface area contributed by atoms with E-state index in [0.717, 1.165) is 12.0 Å². The first-order valence-corrected chi connectivity index (χ1v) is 8.09. The molecule has 8 nitrogen and oxygen atoms in total. The Hall–Kier alpha value is -3.42. The van der Waals surface area contributed by atoms with Gasteiger partial charge in [0.05, 0.1) is 22.8 Å². The van der Waals surface area contributed by atoms with Gasteiger partial charge in [0.2, 0.25) is 12.7 Å². The molecule has 0 spiro atoms. The van der Waals surface area contributed by atoms with Crippen LogP contribution in [0.15, 0.2) is 47.6 Å². The topological polar surface area (TPSA) is 103 Å². The van der Waals surface area contributed by atoms with Crippen LogP contribution in [0.25, 0.3) is 0 Å². The summed E-state index contributed by atoms with van der Waals surface area (Å²) in [6.07, 6.45) is 2.02. The lowest BCUT2D eigenvalue weighted by atomic mass is 10.1. The van der Waals surface area contributed by atoms with Crippen molar-refractivity contribution in [3.8, 4) is 11.5 Å². The van der Waals surface area contributed by atoms with Crippen molar-refractivity contribution in [1.82, 2.24) is 5.43 Å². The van der Waals surface area contributed by atoms with Crippen LogP contribution in [0, 0.1) is 16.0 Å². The molecule has 0 radical (unpaired) electrons. The number of amides is 1. The predicted octanol–water partition coefficient (Wildman–Crippen LogP) is 2.58. The third kappa shape index (κ3) is 3.08. The maximum Gasteiger partial charge on any atom is 0.282 e. The second-order valence-corrected chi connectivity index (χ2v) is 6.12. The SMILES string of the molecule is O=C(N/N=C\c1cc2c(cc1[N+](=O)[O-])OCO2)[C@@H]1C[C@H]1c1ccccc1. The van der Waals surface area contributed by atoms with Gasteiger partial charge in [-0.15, -0.1) is 0 Å². The quantitative estimate of drug-likeness (QED) is 0.505. The average Bonchev–Trinajstić information content (AvgIpc) is 3.32. The second kappa shape index (κ2) is 6.47. The smallest absolute Gasteiger partial charge is 0.282 e. The molecule has 0 bridgehead atoms. The molecular weight excluding hydrogens is 338 g/mol. The van der Waals surface area contributed by atoms with Gasteiger partial charge >= 0.3 is 0 Å². The molecule has 0 saturated heterocycles. The lowest BCUT2D eigenvalue weighted by Gasteiger charge is -2.02. The first-order chi connectivity index (χ1) is 12.6. The number of hydrogen-bond acceptors (Lipinski definition) is 6. The minimum absolute atomic E-state index is 0.0202. The largest absolute Gasteiger partial charge is 0.454 e. The minimum atomic E-state index is -0.530. The number of ether oxygens (including phenoxy) is 2. The molecular formula is C18H15N3O5. The fraction of sp³-hybridized carbons (Fsp3) is 0.222. The van der Waals surface area contributed by atoms with Gasteiger partial charge in [0, 0.05) is 5.92 Å². The summed E-state index contributed by atoms with van der Waals surface area (Å²) < 4.78 is 10.4. The Morgan fingerprint density at radius 1 is 1.23 bits per heavy atom. The highest BCUT2D eigenvalue weighted by Crippen LogP contribution is 2.47. The first kappa shape index (κ1) is 16.1. The summed E-state index contributed by atoms with van der Waals surface area (Å²) >= 11 is 0. The maximum absolute atomic E-state index is 12.2. The Balaban J connectivity index is 1.43. The standard InChI is InChI=1S/C18H15N3O5/c22-18(14-7-13(14)11-4-2-1-3-5-11)20-19-9-12-6-16-17(26-10-25-16)8-15(12)21(23)24/h1-6,8-9,13-14H,7,10H2,(H,20,22)/b19-9-/t13-,14+/m0/s1. The Morgan fingerprint density at radius 2 is 1.96 bits per heavy atom. The third-order valence-corrected chi connectivity index (χ3v) is 4.45. The summed E-state index contributed by atoms with van der Waals surface area (Å²) in [5.74, 6) is 0.613. The highest BCUT2D eigenvalue weighted by atomic mass is 16.7. The van der Waals surface area contributed by atoms with Crippen molar-refractivity contribution >= 4 is 17.8 Å². The number of carbonyl (C=O) groups is 1. The highest BCUT2D eigenvalue weighted by Gasteiger charge is 2.43. The third-order valence-electron chi connectivity index (χ3n) is 4.45. The number of hydrogen-bond donors (Lipinski definition) is 1. The molecule has 132 valence electrons. The van der Waals surface area contributed by atoms with Crippen molar-refractivity contribution in [1.29, 1.82) is 0 Å². The number of nitro groups is 1. The number of carbonyl (C=O) groups excluding carboxylic acids is 1. The Labute approximate surface area is 148 Å². The number of nitrogens with one attached hydrogen (secondary N) is 1. The number of rotatable bonds is 5. The van der Waals surface area contributed by atoms with Gasteiger partial charge in [-0.2, -0.15) is 5.10 Å². The number of benzene rings is 2. The first-order valence-electron chi connectivity index (χ1n) is 8.09. The summed E-state index contributed by atoms with van der Waals surface area (Å²) in [6.45, 7) is 0.0202. The van der Waals surface area contributed by atoms with Gasteiger partial charge in [-0.3, -0.25) is 14.9 Å². The number of hydrazone groups is 1. The Kier molecular flexibility index (Phi) is 4.00. The molecule has 2 aromatic rings. The Bertz CT molecular complexity index is 897. The van der Waals surface area contributed by atoms with Crippen LogP contribution in [0.4, 0.5) is 5.69 Å². The van der Waals surface area contributed by atoms with E-state index in [-0.39, 0.29) is 35.8 Å². The minimum Gasteiger partial charge on any atom is -0.454 e. The fourth-order valence-corrected chi connectivity index (χ4v) is 3.01. The van der Waals surface area contributed by atoms with Gasteiger partial charge in [-0.25, -0.2) is 5.43 Å². The molecule has 4 rings (SSSR count). The van der Waals surface area contributed by atoms with Crippen LogP contribution >= 0.6 is 0 Å². The van der Waals surface area contributed by atoms with E-state index >= 15 is 0 Å². The van der Waals surface area contributed by atoms with Crippen molar-refractivity contribution in [3.05, 3.63) is 63.7 Å². The normalized spacial score (nSPS) is 20.2. The van der Waals surface area contributed by atoms with Crippen molar-refractivity contribution in [2.75, 3.05) is 6.79 Å². The van der Waals surface area contributed by atoms with Crippen molar-refractivity contribution in [2.45, 2.75) is 12.3 Å². The van der Waals surface area contributed by atoms with Crippen LogP contribution in [0.3, 0.4) is 0 Å². The second-order valence-electron chi connectivity index (χ2n) is 6.12. The number of nitro benzene ring substituents is 1. The number of fused-ring (bicyclic) bond motifs is 1. The van der Waals surface area contributed by atoms with Gasteiger partial charge in [-0.1, -0.05) is 30.3 Å². The van der Waals surface area contributed by atoms with E-state index in [0.29, 0.717) is 11.5 Å². The summed E-state index contributed by atoms with van der Waals surface area (Å²) in [5.41, 5.74) is 3.66. The van der Waals surface area contributed by atoms with Crippen LogP contribution in [-0.2, 0) is 4.79 Å². The summed E-state index contributed by atoms with van der Waals surface area (Å²) in [7, 11) is 0. The molecule has 0 unspecified atom stereocenters. The van der Waals surface area contributed by atoms with E-state index in [1.165, 1.54) is 18.3 Å². The van der Waals surface area contributed by atoms with E-state index < -0.39 is 4.92 Å². The zero-order chi connectivity index (χ0) is 18.1. The molecule has 1 heterocycles. The van der Waals surface area contributed by atoms with E-state index in [2.05, 4.69) is 10.5 Å². The van der Waals surface area contributed by atoms with Gasteiger partial charge in [-0.05, 0) is 24.0 Å². The lowest BCUT2D eigenvalue weighted by molar-refractivity contribution is -0.385. The predicted molar refractivity (Wildman–Crippen MR) is 92.2 cm³/mol. The molecule has 1 amide bonds. The maximum atomic E-state index is 12.2. The summed E-state index contributed by atoms with van der Waals surface area (Å²) in [6, 6.07) is 12.6. The molecule has 0 aromatic heterocycles. The van der Waals surface area contributed by atoms with Crippen LogP contribution in [0.5, 0.6) is 11.5 Å². The Morgan fingerprint density at radius 3 is 2.69 bits per heavy atom. The van der Waals surface area contributed by atoms with Crippen LogP contribution < -0.4 is 14.9 Å². The molecule has 1 fully saturated rings. The molecule has 26 heavy (non-hydrogen) atoms. The van der Waals surface area contributed by atoms with E-state index in [4.69, 9.17) is 9.47 Å². The van der Waals surface area contributed by atoms with Crippen molar-refractivity contribution in [2.24, 2.45) is 11.0 Å². The van der Waals surface area contributed by atoms with Gasteiger partial charge in [0.25, 0.3) is 5.69 Å². The highest BCUT2D eigenvalue weighted by molar-refractivity contribution is 5.89. The molecule has 2 aliphatic rings. The van der Waals surface area contributed by atoms with Gasteiger partial charge < -0.3 is 9.47 Å². The van der Waals surface area contributed by atoms with Crippen molar-refractivity contribution in [3.63, 3.8) is 0 Å². The molecule has 1 N–H and O–H groups in total. The molecule has 2 aromatic carbocycles. The molecule has 1 aliphatic heterocycles. The molecule has 1 aliphatic carbocycles. The summed E-state index contributed by atoms with van der Waals surface area (Å²) in [5, 5.41) is 15.1. The molecule has 2 atom stereocenters. The zero-order valence-electron chi connectivity index (χ0n) is 13.6. The van der Waals surface area contributed by atoms with Crippen LogP contribution in [0.2, 0.25) is 0 Å². The van der Waals surface area contributed by atoms with Gasteiger partial charge in [0.15, 0.2) is 11.5 Å². The summed E-state index contributed by atoms with van der Waals surface area (Å²) in [4.78, 5) is 22.8. The lowest BCUT2D eigenvalue weighted by Crippen LogP contribution is -2.20. The molecule has 1 saturated carbocycles. The zero-order valence-corrected chi connectivity index (χ0v) is 13.6. The van der Waals surface area contributed by atoms with E-state index in [1.54, 1.807) is 0 Å². The number of nitrogens with zero attached hydrogens (tertiary/aromatic N) is 2. The van der Waals surface area contributed by atoms with E-state index in [1.807, 2.05) is 30.3 Å². The average molecular weight is 353 g/mol. The van der Waals surface area contributed by atoms with Crippen LogP contribution in [-0.4, -0.2) is 23.8 Å². The fourth-order valence-electron chi connectivity index (χ4n) is 3.01.